The predicted octanol–water partition coefficient (Wildman–Crippen LogP) is 5.28. The third-order valence-corrected chi connectivity index (χ3v) is 3.32. The normalized spacial score (nSPS) is 10.3. The molecule has 0 saturated heterocycles. The molecule has 2 aromatic carbocycles. The molecule has 0 aliphatic rings. The van der Waals surface area contributed by atoms with Crippen LogP contribution in [0.4, 0.5) is 4.39 Å². The Morgan fingerprint density at radius 2 is 1.82 bits per heavy atom. The van der Waals surface area contributed by atoms with E-state index in [4.69, 9.17) is 4.74 Å². The molecule has 0 unspecified atom stereocenters. The number of para-hydroxylation sites is 1. The van der Waals surface area contributed by atoms with Gasteiger partial charge in [0, 0.05) is 15.4 Å². The topological polar surface area (TPSA) is 9.23 Å². The van der Waals surface area contributed by atoms with E-state index in [0.717, 1.165) is 10.0 Å². The summed E-state index contributed by atoms with van der Waals surface area (Å²) in [6.45, 7) is 0. The molecule has 17 heavy (non-hydrogen) atoms. The first-order valence-corrected chi connectivity index (χ1v) is 6.89. The van der Waals surface area contributed by atoms with E-state index >= 15 is 0 Å². The van der Waals surface area contributed by atoms with Crippen LogP contribution in [0.15, 0.2) is 46.9 Å². The summed E-state index contributed by atoms with van der Waals surface area (Å²) in [6, 6.07) is 12.0. The lowest BCUT2D eigenvalue weighted by Crippen LogP contribution is -1.91. The monoisotopic (exact) mass is 358 g/mol. The maximum Gasteiger partial charge on any atom is 0.165 e. The van der Waals surface area contributed by atoms with Gasteiger partial charge in [0.2, 0.25) is 0 Å². The Kier molecular flexibility index (Phi) is 4.18. The molecular weight excluding hydrogens is 351 g/mol. The van der Waals surface area contributed by atoms with E-state index in [2.05, 4.69) is 31.9 Å². The van der Waals surface area contributed by atoms with E-state index in [1.807, 2.05) is 18.2 Å². The Morgan fingerprint density at radius 3 is 2.53 bits per heavy atom. The van der Waals surface area contributed by atoms with Gasteiger partial charge in [-0.05, 0) is 30.3 Å². The van der Waals surface area contributed by atoms with E-state index in [9.17, 15) is 4.39 Å². The van der Waals surface area contributed by atoms with Crippen LogP contribution in [0.3, 0.4) is 0 Å². The van der Waals surface area contributed by atoms with Gasteiger partial charge in [0.1, 0.15) is 5.75 Å². The largest absolute Gasteiger partial charge is 0.454 e. The fourth-order valence-electron chi connectivity index (χ4n) is 1.40. The Morgan fingerprint density at radius 1 is 1.06 bits per heavy atom. The van der Waals surface area contributed by atoms with Crippen LogP contribution in [0.5, 0.6) is 11.5 Å². The summed E-state index contributed by atoms with van der Waals surface area (Å²) < 4.78 is 20.0. The van der Waals surface area contributed by atoms with Gasteiger partial charge >= 0.3 is 0 Å². The second-order valence-electron chi connectivity index (χ2n) is 3.42. The van der Waals surface area contributed by atoms with Gasteiger partial charge in [-0.2, -0.15) is 0 Å². The molecule has 0 N–H and O–H groups in total. The second-order valence-corrected chi connectivity index (χ2v) is 4.89. The van der Waals surface area contributed by atoms with Crippen molar-refractivity contribution in [2.24, 2.45) is 0 Å². The molecule has 88 valence electrons. The van der Waals surface area contributed by atoms with Gasteiger partial charge in [-0.3, -0.25) is 0 Å². The maximum absolute atomic E-state index is 13.4. The summed E-state index contributed by atoms with van der Waals surface area (Å²) in [6.07, 6.45) is 0. The number of ether oxygens (including phenoxy) is 1. The zero-order chi connectivity index (χ0) is 12.3. The molecule has 0 spiro atoms. The highest BCUT2D eigenvalue weighted by Crippen LogP contribution is 2.30. The van der Waals surface area contributed by atoms with Crippen molar-refractivity contribution in [2.45, 2.75) is 5.33 Å². The highest BCUT2D eigenvalue weighted by molar-refractivity contribution is 9.10. The lowest BCUT2D eigenvalue weighted by Gasteiger charge is -2.10. The summed E-state index contributed by atoms with van der Waals surface area (Å²) in [4.78, 5) is 0. The van der Waals surface area contributed by atoms with Gasteiger partial charge in [0.15, 0.2) is 11.6 Å². The molecular formula is C13H9Br2FO. The highest BCUT2D eigenvalue weighted by Gasteiger charge is 2.07. The van der Waals surface area contributed by atoms with Gasteiger partial charge in [-0.25, -0.2) is 4.39 Å². The summed E-state index contributed by atoms with van der Waals surface area (Å²) in [5, 5.41) is 0.649. The Balaban J connectivity index is 2.33. The van der Waals surface area contributed by atoms with E-state index < -0.39 is 0 Å². The number of benzene rings is 2. The molecule has 0 aliphatic heterocycles. The lowest BCUT2D eigenvalue weighted by molar-refractivity contribution is 0.439. The number of hydrogen-bond donors (Lipinski definition) is 0. The third-order valence-electron chi connectivity index (χ3n) is 2.22. The average molecular weight is 360 g/mol. The van der Waals surface area contributed by atoms with Crippen molar-refractivity contribution in [3.05, 3.63) is 58.3 Å². The molecule has 0 radical (unpaired) electrons. The van der Waals surface area contributed by atoms with Crippen molar-refractivity contribution in [2.75, 3.05) is 0 Å². The molecule has 4 heteroatoms. The summed E-state index contributed by atoms with van der Waals surface area (Å²) in [5.74, 6) is 0.517. The highest BCUT2D eigenvalue weighted by atomic mass is 79.9. The molecule has 0 amide bonds. The van der Waals surface area contributed by atoms with Crippen molar-refractivity contribution < 1.29 is 9.13 Å². The minimum absolute atomic E-state index is 0.233. The standard InChI is InChI=1S/C13H9Br2FO/c14-8-9-7-10(15)5-6-12(9)17-13-4-2-1-3-11(13)16/h1-7H,8H2. The maximum atomic E-state index is 13.4. The zero-order valence-corrected chi connectivity index (χ0v) is 12.0. The Labute approximate surface area is 116 Å². The van der Waals surface area contributed by atoms with E-state index in [1.165, 1.54) is 6.07 Å². The van der Waals surface area contributed by atoms with Gasteiger partial charge in [-0.1, -0.05) is 44.0 Å². The predicted molar refractivity (Wildman–Crippen MR) is 73.2 cm³/mol. The molecule has 0 heterocycles. The molecule has 0 fully saturated rings. The SMILES string of the molecule is Fc1ccccc1Oc1ccc(Br)cc1CBr. The lowest BCUT2D eigenvalue weighted by atomic mass is 10.2. The molecule has 0 aromatic heterocycles. The van der Waals surface area contributed by atoms with Crippen LogP contribution >= 0.6 is 31.9 Å². The van der Waals surface area contributed by atoms with Crippen molar-refractivity contribution in [1.82, 2.24) is 0 Å². The minimum atomic E-state index is -0.365. The van der Waals surface area contributed by atoms with Gasteiger partial charge in [0.05, 0.1) is 0 Å². The van der Waals surface area contributed by atoms with Crippen LogP contribution in [-0.4, -0.2) is 0 Å². The van der Waals surface area contributed by atoms with Crippen molar-refractivity contribution in [3.8, 4) is 11.5 Å². The van der Waals surface area contributed by atoms with Crippen molar-refractivity contribution >= 4 is 31.9 Å². The Bertz CT molecular complexity index is 529. The summed E-state index contributed by atoms with van der Waals surface area (Å²) in [7, 11) is 0. The van der Waals surface area contributed by atoms with Crippen LogP contribution in [0.2, 0.25) is 0 Å². The van der Waals surface area contributed by atoms with Crippen LogP contribution in [0.1, 0.15) is 5.56 Å². The fourth-order valence-corrected chi connectivity index (χ4v) is 2.24. The van der Waals surface area contributed by atoms with Gasteiger partial charge in [-0.15, -0.1) is 0 Å². The second kappa shape index (κ2) is 5.65. The zero-order valence-electron chi connectivity index (χ0n) is 8.79. The van der Waals surface area contributed by atoms with Gasteiger partial charge in [0.25, 0.3) is 0 Å². The van der Waals surface area contributed by atoms with Crippen LogP contribution < -0.4 is 4.74 Å². The molecule has 1 nitrogen and oxygen atoms in total. The molecule has 0 atom stereocenters. The molecule has 2 aromatic rings. The quantitative estimate of drug-likeness (QED) is 0.678. The molecule has 0 saturated carbocycles. The number of rotatable bonds is 3. The van der Waals surface area contributed by atoms with E-state index in [1.54, 1.807) is 18.2 Å². The minimum Gasteiger partial charge on any atom is -0.454 e. The van der Waals surface area contributed by atoms with E-state index in [0.29, 0.717) is 11.1 Å². The smallest absolute Gasteiger partial charge is 0.165 e. The average Bonchev–Trinajstić information content (AvgIpc) is 2.34. The van der Waals surface area contributed by atoms with Crippen LogP contribution in [0, 0.1) is 5.82 Å². The number of alkyl halides is 1. The van der Waals surface area contributed by atoms with Crippen molar-refractivity contribution in [1.29, 1.82) is 0 Å². The molecule has 0 bridgehead atoms. The third kappa shape index (κ3) is 3.07. The van der Waals surface area contributed by atoms with E-state index in [-0.39, 0.29) is 11.6 Å². The fraction of sp³-hybridized carbons (Fsp3) is 0.0769. The number of halogens is 3. The summed E-state index contributed by atoms with van der Waals surface area (Å²) >= 11 is 6.77. The molecule has 0 aliphatic carbocycles. The van der Waals surface area contributed by atoms with Gasteiger partial charge < -0.3 is 4.74 Å². The van der Waals surface area contributed by atoms with Crippen LogP contribution in [0.25, 0.3) is 0 Å². The first-order chi connectivity index (χ1) is 8.20. The first-order valence-electron chi connectivity index (χ1n) is 4.97. The van der Waals surface area contributed by atoms with Crippen molar-refractivity contribution in [3.63, 3.8) is 0 Å². The first kappa shape index (κ1) is 12.6. The molecule has 2 rings (SSSR count). The summed E-state index contributed by atoms with van der Waals surface area (Å²) in [5.41, 5.74) is 0.961. The Hall–Kier alpha value is -0.870. The number of hydrogen-bond acceptors (Lipinski definition) is 1. The van der Waals surface area contributed by atoms with Crippen LogP contribution in [-0.2, 0) is 5.33 Å².